The Morgan fingerprint density at radius 3 is 2.29 bits per heavy atom. The molecule has 0 heterocycles. The number of aliphatic hydroxyl groups excluding tert-OH is 2. The number of hydrogen-bond donors (Lipinski definition) is 4. The first-order valence-electron chi connectivity index (χ1n) is 13.3. The van der Waals surface area contributed by atoms with E-state index in [2.05, 4.69) is 29.7 Å². The van der Waals surface area contributed by atoms with Crippen molar-refractivity contribution in [3.05, 3.63) is 106 Å². The number of carbonyl (C=O) groups is 1. The van der Waals surface area contributed by atoms with Crippen LogP contribution in [0.1, 0.15) is 45.1 Å². The lowest BCUT2D eigenvalue weighted by atomic mass is 9.99. The van der Waals surface area contributed by atoms with E-state index in [-0.39, 0.29) is 50.3 Å². The normalized spacial score (nSPS) is 12.3. The maximum Gasteiger partial charge on any atom is 0.251 e. The van der Waals surface area contributed by atoms with E-state index in [4.69, 9.17) is 0 Å². The summed E-state index contributed by atoms with van der Waals surface area (Å²) in [4.78, 5) is 15.3. The zero-order valence-electron chi connectivity index (χ0n) is 23.7. The quantitative estimate of drug-likeness (QED) is 0.214. The molecule has 0 spiro atoms. The predicted octanol–water partition coefficient (Wildman–Crippen LogP) is 4.60. The maximum absolute atomic E-state index is 13.9. The summed E-state index contributed by atoms with van der Waals surface area (Å²) in [6.45, 7) is 5.78. The number of carbonyl (C=O) groups excluding carboxylic acids is 1. The third-order valence-corrected chi connectivity index (χ3v) is 6.57. The number of nitrogens with zero attached hydrogens (tertiary/aromatic N) is 1. The van der Waals surface area contributed by atoms with Crippen LogP contribution >= 0.6 is 24.8 Å². The first-order chi connectivity index (χ1) is 18.7. The number of likely N-dealkylation sites (N-methyl/N-ethyl adjacent to an activating group) is 1. The van der Waals surface area contributed by atoms with Crippen LogP contribution in [0.15, 0.2) is 60.7 Å². The molecule has 0 aromatic heterocycles. The van der Waals surface area contributed by atoms with Crippen molar-refractivity contribution in [1.29, 1.82) is 0 Å². The standard InChI is InChI=1S/C31H39F2N3O3.2ClH/c1-4-22-6-5-7-23(12-22)18-34-19-30(38)29(16-24-14-27(32)17-28(33)15-24)35-31(39)26-11-21(2)10-25(13-26)20-36(3)8-9-37;;/h5-7,10-15,17,29-30,34,37-38H,4,8-9,16,18-20H2,1-3H3,(H,35,39);2*1H/t29-,30-;;/m0../s1. The first-order valence-corrected chi connectivity index (χ1v) is 13.3. The Balaban J connectivity index is 0.00000420. The molecule has 0 fully saturated rings. The third-order valence-electron chi connectivity index (χ3n) is 6.57. The molecule has 0 aliphatic rings. The van der Waals surface area contributed by atoms with Crippen LogP contribution in [-0.4, -0.2) is 59.9 Å². The lowest BCUT2D eigenvalue weighted by Gasteiger charge is -2.25. The Hall–Kier alpha value is -2.59. The zero-order chi connectivity index (χ0) is 28.4. The molecule has 2 atom stereocenters. The molecular weight excluding hydrogens is 571 g/mol. The third kappa shape index (κ3) is 12.0. The van der Waals surface area contributed by atoms with E-state index < -0.39 is 23.8 Å². The van der Waals surface area contributed by atoms with Crippen LogP contribution in [0.4, 0.5) is 8.78 Å². The Bertz CT molecular complexity index is 1230. The van der Waals surface area contributed by atoms with Gasteiger partial charge in [-0.05, 0) is 73.3 Å². The fourth-order valence-electron chi connectivity index (χ4n) is 4.63. The molecule has 3 aromatic rings. The number of aryl methyl sites for hydroxylation is 2. The summed E-state index contributed by atoms with van der Waals surface area (Å²) in [6, 6.07) is 16.1. The highest BCUT2D eigenvalue weighted by Crippen LogP contribution is 2.15. The Labute approximate surface area is 254 Å². The predicted molar refractivity (Wildman–Crippen MR) is 164 cm³/mol. The van der Waals surface area contributed by atoms with Crippen molar-refractivity contribution in [3.8, 4) is 0 Å². The Kier molecular flexibility index (Phi) is 16.0. The highest BCUT2D eigenvalue weighted by Gasteiger charge is 2.23. The second-order valence-electron chi connectivity index (χ2n) is 10.1. The molecule has 0 saturated heterocycles. The minimum atomic E-state index is -1.02. The average molecular weight is 613 g/mol. The van der Waals surface area contributed by atoms with Gasteiger partial charge in [-0.2, -0.15) is 0 Å². The van der Waals surface area contributed by atoms with Gasteiger partial charge in [0.2, 0.25) is 0 Å². The van der Waals surface area contributed by atoms with Gasteiger partial charge in [0.15, 0.2) is 0 Å². The molecule has 0 aliphatic heterocycles. The summed E-state index contributed by atoms with van der Waals surface area (Å²) in [6.07, 6.45) is -0.0470. The summed E-state index contributed by atoms with van der Waals surface area (Å²) in [5, 5.41) is 26.4. The van der Waals surface area contributed by atoms with E-state index in [0.29, 0.717) is 30.8 Å². The van der Waals surface area contributed by atoms with Crippen molar-refractivity contribution >= 4 is 30.7 Å². The van der Waals surface area contributed by atoms with Crippen LogP contribution in [0.2, 0.25) is 0 Å². The van der Waals surface area contributed by atoms with Crippen molar-refractivity contribution in [3.63, 3.8) is 0 Å². The molecule has 6 nitrogen and oxygen atoms in total. The number of aliphatic hydroxyl groups is 2. The van der Waals surface area contributed by atoms with E-state index in [9.17, 15) is 23.8 Å². The molecule has 3 aromatic carbocycles. The molecule has 0 bridgehead atoms. The highest BCUT2D eigenvalue weighted by atomic mass is 35.5. The van der Waals surface area contributed by atoms with Crippen molar-refractivity contribution < 1.29 is 23.8 Å². The molecule has 4 N–H and O–H groups in total. The monoisotopic (exact) mass is 611 g/mol. The molecule has 1 amide bonds. The van der Waals surface area contributed by atoms with E-state index in [1.165, 1.54) is 17.7 Å². The van der Waals surface area contributed by atoms with Crippen LogP contribution in [-0.2, 0) is 25.9 Å². The number of hydrogen-bond acceptors (Lipinski definition) is 5. The molecule has 0 saturated carbocycles. The first kappa shape index (κ1) is 36.4. The second kappa shape index (κ2) is 18.1. The van der Waals surface area contributed by atoms with Gasteiger partial charge in [0, 0.05) is 37.8 Å². The fourth-order valence-corrected chi connectivity index (χ4v) is 4.63. The molecular formula is C31H41Cl2F2N3O3. The summed E-state index contributed by atoms with van der Waals surface area (Å²) >= 11 is 0. The lowest BCUT2D eigenvalue weighted by Crippen LogP contribution is -2.48. The fraction of sp³-hybridized carbons (Fsp3) is 0.387. The summed E-state index contributed by atoms with van der Waals surface area (Å²) in [5.41, 5.74) is 4.87. The Morgan fingerprint density at radius 2 is 1.63 bits per heavy atom. The second-order valence-corrected chi connectivity index (χ2v) is 10.1. The van der Waals surface area contributed by atoms with E-state index in [1.807, 2.05) is 37.1 Å². The van der Waals surface area contributed by atoms with Gasteiger partial charge in [-0.3, -0.25) is 9.69 Å². The van der Waals surface area contributed by atoms with Gasteiger partial charge in [0.05, 0.1) is 18.8 Å². The lowest BCUT2D eigenvalue weighted by molar-refractivity contribution is 0.0829. The van der Waals surface area contributed by atoms with Gasteiger partial charge in [-0.1, -0.05) is 42.8 Å². The summed E-state index contributed by atoms with van der Waals surface area (Å²) < 4.78 is 27.8. The van der Waals surface area contributed by atoms with E-state index >= 15 is 0 Å². The van der Waals surface area contributed by atoms with Crippen molar-refractivity contribution in [2.24, 2.45) is 0 Å². The highest BCUT2D eigenvalue weighted by molar-refractivity contribution is 5.94. The number of amides is 1. The van der Waals surface area contributed by atoms with Crippen molar-refractivity contribution in [2.75, 3.05) is 26.7 Å². The van der Waals surface area contributed by atoms with Gasteiger partial charge in [-0.15, -0.1) is 24.8 Å². The summed E-state index contributed by atoms with van der Waals surface area (Å²) in [7, 11) is 1.88. The molecule has 0 radical (unpaired) electrons. The van der Waals surface area contributed by atoms with Gasteiger partial charge in [0.25, 0.3) is 5.91 Å². The zero-order valence-corrected chi connectivity index (χ0v) is 25.3. The SMILES string of the molecule is CCc1cccc(CNC[C@H](O)[C@H](Cc2cc(F)cc(F)c2)NC(=O)c2cc(C)cc(CN(C)CCO)c2)c1.Cl.Cl. The minimum Gasteiger partial charge on any atom is -0.395 e. The number of halogens is 4. The van der Waals surface area contributed by atoms with E-state index in [1.54, 1.807) is 12.1 Å². The molecule has 41 heavy (non-hydrogen) atoms. The van der Waals surface area contributed by atoms with Crippen molar-refractivity contribution in [2.45, 2.75) is 51.9 Å². The van der Waals surface area contributed by atoms with Crippen LogP contribution in [0.3, 0.4) is 0 Å². The maximum atomic E-state index is 13.9. The van der Waals surface area contributed by atoms with Crippen LogP contribution in [0.25, 0.3) is 0 Å². The van der Waals surface area contributed by atoms with Crippen LogP contribution in [0, 0.1) is 18.6 Å². The molecule has 0 unspecified atom stereocenters. The van der Waals surface area contributed by atoms with Gasteiger partial charge >= 0.3 is 0 Å². The van der Waals surface area contributed by atoms with Gasteiger partial charge in [0.1, 0.15) is 11.6 Å². The van der Waals surface area contributed by atoms with E-state index in [0.717, 1.165) is 29.2 Å². The molecule has 3 rings (SSSR count). The van der Waals surface area contributed by atoms with Gasteiger partial charge in [-0.25, -0.2) is 8.78 Å². The summed E-state index contributed by atoms with van der Waals surface area (Å²) in [5.74, 6) is -1.82. The molecule has 226 valence electrons. The van der Waals surface area contributed by atoms with Crippen LogP contribution < -0.4 is 10.6 Å². The molecule has 0 aliphatic carbocycles. The smallest absolute Gasteiger partial charge is 0.251 e. The largest absolute Gasteiger partial charge is 0.395 e. The van der Waals surface area contributed by atoms with Crippen LogP contribution in [0.5, 0.6) is 0 Å². The topological polar surface area (TPSA) is 84.8 Å². The molecule has 10 heteroatoms. The average Bonchev–Trinajstić information content (AvgIpc) is 2.87. The minimum absolute atomic E-state index is 0. The number of benzene rings is 3. The Morgan fingerprint density at radius 1 is 0.951 bits per heavy atom. The van der Waals surface area contributed by atoms with Gasteiger partial charge < -0.3 is 20.8 Å². The van der Waals surface area contributed by atoms with Crippen molar-refractivity contribution in [1.82, 2.24) is 15.5 Å². The number of nitrogens with one attached hydrogen (secondary N) is 2. The number of rotatable bonds is 14.